The van der Waals surface area contributed by atoms with Crippen molar-refractivity contribution in [2.24, 2.45) is 0 Å². The molecule has 154 valence electrons. The second-order valence-electron chi connectivity index (χ2n) is 6.65. The summed E-state index contributed by atoms with van der Waals surface area (Å²) in [5.41, 5.74) is 0.734. The highest BCUT2D eigenvalue weighted by molar-refractivity contribution is 9.10. The molecule has 0 unspecified atom stereocenters. The van der Waals surface area contributed by atoms with Gasteiger partial charge >= 0.3 is 0 Å². The van der Waals surface area contributed by atoms with Crippen molar-refractivity contribution in [3.8, 4) is 11.4 Å². The van der Waals surface area contributed by atoms with Crippen LogP contribution in [0.15, 0.2) is 52.1 Å². The lowest BCUT2D eigenvalue weighted by Gasteiger charge is -2.10. The minimum Gasteiger partial charge on any atom is -0.324 e. The van der Waals surface area contributed by atoms with Crippen LogP contribution >= 0.6 is 27.7 Å². The van der Waals surface area contributed by atoms with E-state index in [0.29, 0.717) is 26.7 Å². The number of halogens is 2. The average Bonchev–Trinajstić information content (AvgIpc) is 3.47. The van der Waals surface area contributed by atoms with Crippen LogP contribution in [0, 0.1) is 15.9 Å². The first-order chi connectivity index (χ1) is 14.4. The number of hydrogen-bond donors (Lipinski definition) is 1. The molecule has 0 atom stereocenters. The van der Waals surface area contributed by atoms with Crippen LogP contribution < -0.4 is 5.32 Å². The van der Waals surface area contributed by atoms with Gasteiger partial charge in [0, 0.05) is 22.6 Å². The molecule has 30 heavy (non-hydrogen) atoms. The molecule has 0 bridgehead atoms. The average molecular weight is 492 g/mol. The Morgan fingerprint density at radius 1 is 1.30 bits per heavy atom. The third-order valence-corrected chi connectivity index (χ3v) is 6.06. The standard InChI is InChI=1S/C19H15BrFN5O3S/c20-14-9-12(26(28)29)7-8-16(14)22-17(27)10-30-19-24-23-18(25(19)11-5-6-11)13-3-1-2-4-15(13)21/h1-4,7-9,11H,5-6,10H2,(H,22,27). The van der Waals surface area contributed by atoms with Crippen molar-refractivity contribution >= 4 is 45.0 Å². The number of anilines is 1. The smallest absolute Gasteiger partial charge is 0.270 e. The van der Waals surface area contributed by atoms with Gasteiger partial charge in [-0.05, 0) is 47.0 Å². The summed E-state index contributed by atoms with van der Waals surface area (Å²) in [7, 11) is 0. The number of nitro groups is 1. The van der Waals surface area contributed by atoms with Gasteiger partial charge in [0.2, 0.25) is 5.91 Å². The van der Waals surface area contributed by atoms with Crippen molar-refractivity contribution in [3.05, 3.63) is 62.9 Å². The van der Waals surface area contributed by atoms with Crippen LogP contribution in [0.1, 0.15) is 18.9 Å². The Labute approximate surface area is 183 Å². The van der Waals surface area contributed by atoms with E-state index in [1.807, 2.05) is 4.57 Å². The van der Waals surface area contributed by atoms with Gasteiger partial charge in [-0.2, -0.15) is 0 Å². The summed E-state index contributed by atoms with van der Waals surface area (Å²) < 4.78 is 16.5. The Morgan fingerprint density at radius 2 is 2.07 bits per heavy atom. The molecule has 1 amide bonds. The van der Waals surface area contributed by atoms with E-state index < -0.39 is 4.92 Å². The zero-order valence-electron chi connectivity index (χ0n) is 15.4. The van der Waals surface area contributed by atoms with Crippen molar-refractivity contribution < 1.29 is 14.1 Å². The lowest BCUT2D eigenvalue weighted by atomic mass is 10.2. The lowest BCUT2D eigenvalue weighted by molar-refractivity contribution is -0.384. The van der Waals surface area contributed by atoms with Gasteiger partial charge in [-0.1, -0.05) is 23.9 Å². The summed E-state index contributed by atoms with van der Waals surface area (Å²) in [6.45, 7) is 0. The van der Waals surface area contributed by atoms with Gasteiger partial charge in [0.05, 0.1) is 21.9 Å². The number of carbonyl (C=O) groups is 1. The third-order valence-electron chi connectivity index (χ3n) is 4.46. The molecule has 3 aromatic rings. The largest absolute Gasteiger partial charge is 0.324 e. The van der Waals surface area contributed by atoms with E-state index >= 15 is 0 Å². The quantitative estimate of drug-likeness (QED) is 0.288. The van der Waals surface area contributed by atoms with Crippen molar-refractivity contribution in [2.75, 3.05) is 11.1 Å². The SMILES string of the molecule is O=C(CSc1nnc(-c2ccccc2F)n1C1CC1)Nc1ccc([N+](=O)[O-])cc1Br. The number of benzene rings is 2. The van der Waals surface area contributed by atoms with Crippen LogP contribution in [0.4, 0.5) is 15.8 Å². The van der Waals surface area contributed by atoms with Crippen LogP contribution in [-0.4, -0.2) is 31.3 Å². The van der Waals surface area contributed by atoms with Crippen LogP contribution in [0.5, 0.6) is 0 Å². The number of carbonyl (C=O) groups excluding carboxylic acids is 1. The molecular formula is C19H15BrFN5O3S. The molecule has 0 radical (unpaired) electrons. The van der Waals surface area contributed by atoms with Gasteiger partial charge in [0.15, 0.2) is 11.0 Å². The Morgan fingerprint density at radius 3 is 2.73 bits per heavy atom. The van der Waals surface area contributed by atoms with E-state index in [1.165, 1.54) is 36.0 Å². The van der Waals surface area contributed by atoms with E-state index in [4.69, 9.17) is 0 Å². The van der Waals surface area contributed by atoms with Crippen LogP contribution in [-0.2, 0) is 4.79 Å². The molecule has 1 aromatic heterocycles. The lowest BCUT2D eigenvalue weighted by Crippen LogP contribution is -2.15. The number of amides is 1. The molecule has 1 N–H and O–H groups in total. The van der Waals surface area contributed by atoms with Crippen molar-refractivity contribution in [2.45, 2.75) is 24.0 Å². The third kappa shape index (κ3) is 4.36. The van der Waals surface area contributed by atoms with Gasteiger partial charge < -0.3 is 5.32 Å². The monoisotopic (exact) mass is 491 g/mol. The molecule has 11 heteroatoms. The van der Waals surface area contributed by atoms with Crippen LogP contribution in [0.3, 0.4) is 0 Å². The van der Waals surface area contributed by atoms with E-state index in [9.17, 15) is 19.3 Å². The molecule has 8 nitrogen and oxygen atoms in total. The number of nitrogens with one attached hydrogen (secondary N) is 1. The highest BCUT2D eigenvalue weighted by Crippen LogP contribution is 2.41. The van der Waals surface area contributed by atoms with Gasteiger partial charge in [0.1, 0.15) is 5.82 Å². The summed E-state index contributed by atoms with van der Waals surface area (Å²) in [5, 5.41) is 22.4. The number of rotatable bonds is 7. The molecule has 0 aliphatic heterocycles. The maximum absolute atomic E-state index is 14.2. The van der Waals surface area contributed by atoms with Gasteiger partial charge in [-0.25, -0.2) is 4.39 Å². The second-order valence-corrected chi connectivity index (χ2v) is 8.44. The van der Waals surface area contributed by atoms with E-state index in [2.05, 4.69) is 31.4 Å². The van der Waals surface area contributed by atoms with Crippen LogP contribution in [0.2, 0.25) is 0 Å². The molecule has 1 fully saturated rings. The summed E-state index contributed by atoms with van der Waals surface area (Å²) >= 11 is 4.44. The van der Waals surface area contributed by atoms with Gasteiger partial charge in [-0.15, -0.1) is 10.2 Å². The number of non-ortho nitro benzene ring substituents is 1. The number of hydrogen-bond acceptors (Lipinski definition) is 6. The molecule has 1 aliphatic rings. The first kappa shape index (κ1) is 20.5. The molecule has 0 saturated heterocycles. The highest BCUT2D eigenvalue weighted by atomic mass is 79.9. The Hall–Kier alpha value is -2.79. The van der Waals surface area contributed by atoms with Gasteiger partial charge in [0.25, 0.3) is 5.69 Å². The maximum Gasteiger partial charge on any atom is 0.270 e. The van der Waals surface area contributed by atoms with Crippen molar-refractivity contribution in [3.63, 3.8) is 0 Å². The highest BCUT2D eigenvalue weighted by Gasteiger charge is 2.31. The first-order valence-corrected chi connectivity index (χ1v) is 10.8. The summed E-state index contributed by atoms with van der Waals surface area (Å²) in [6, 6.07) is 10.7. The molecule has 1 heterocycles. The molecule has 1 saturated carbocycles. The number of nitrogens with zero attached hydrogens (tertiary/aromatic N) is 4. The zero-order valence-corrected chi connectivity index (χ0v) is 17.8. The summed E-state index contributed by atoms with van der Waals surface area (Å²) in [4.78, 5) is 22.7. The minimum absolute atomic E-state index is 0.0611. The Balaban J connectivity index is 1.47. The molecular weight excluding hydrogens is 477 g/mol. The molecule has 0 spiro atoms. The normalized spacial score (nSPS) is 13.3. The van der Waals surface area contributed by atoms with Crippen LogP contribution in [0.25, 0.3) is 11.4 Å². The van der Waals surface area contributed by atoms with Crippen molar-refractivity contribution in [1.82, 2.24) is 14.8 Å². The zero-order chi connectivity index (χ0) is 21.3. The van der Waals surface area contributed by atoms with E-state index in [0.717, 1.165) is 12.8 Å². The molecule has 2 aromatic carbocycles. The summed E-state index contributed by atoms with van der Waals surface area (Å²) in [6.07, 6.45) is 1.91. The molecule has 1 aliphatic carbocycles. The second kappa shape index (κ2) is 8.52. The number of nitro benzene ring substituents is 1. The fourth-order valence-electron chi connectivity index (χ4n) is 2.90. The number of thioether (sulfide) groups is 1. The molecule has 4 rings (SSSR count). The first-order valence-electron chi connectivity index (χ1n) is 9.00. The topological polar surface area (TPSA) is 103 Å². The summed E-state index contributed by atoms with van der Waals surface area (Å²) in [5.74, 6) is -0.154. The Kier molecular flexibility index (Phi) is 5.82. The predicted octanol–water partition coefficient (Wildman–Crippen LogP) is 4.82. The van der Waals surface area contributed by atoms with Crippen molar-refractivity contribution in [1.29, 1.82) is 0 Å². The predicted molar refractivity (Wildman–Crippen MR) is 114 cm³/mol. The minimum atomic E-state index is -0.510. The Bertz CT molecular complexity index is 1140. The van der Waals surface area contributed by atoms with E-state index in [-0.39, 0.29) is 29.2 Å². The number of aromatic nitrogens is 3. The van der Waals surface area contributed by atoms with Gasteiger partial charge in [-0.3, -0.25) is 19.5 Å². The fourth-order valence-corrected chi connectivity index (χ4v) is 4.17. The fraction of sp³-hybridized carbons (Fsp3) is 0.211. The maximum atomic E-state index is 14.2. The van der Waals surface area contributed by atoms with E-state index in [1.54, 1.807) is 18.2 Å².